The highest BCUT2D eigenvalue weighted by molar-refractivity contribution is 6.31. The number of amides is 3. The third kappa shape index (κ3) is 3.78. The molecule has 1 aliphatic heterocycles. The van der Waals surface area contributed by atoms with Crippen molar-refractivity contribution in [3.63, 3.8) is 0 Å². The van der Waals surface area contributed by atoms with E-state index < -0.39 is 0 Å². The Kier molecular flexibility index (Phi) is 4.90. The van der Waals surface area contributed by atoms with Crippen molar-refractivity contribution in [1.29, 1.82) is 0 Å². The van der Waals surface area contributed by atoms with Crippen LogP contribution in [0.4, 0.5) is 10.5 Å². The maximum Gasteiger partial charge on any atom is 0.322 e. The minimum absolute atomic E-state index is 0.0339. The van der Waals surface area contributed by atoms with Crippen LogP contribution in [0.3, 0.4) is 0 Å². The van der Waals surface area contributed by atoms with Crippen LogP contribution < -0.4 is 10.1 Å². The molecule has 0 atom stereocenters. The molecule has 0 aliphatic carbocycles. The molecule has 0 saturated carbocycles. The molecule has 0 radical (unpaired) electrons. The molecule has 3 amide bonds. The van der Waals surface area contributed by atoms with E-state index in [0.29, 0.717) is 42.6 Å². The number of halogens is 1. The number of carbonyl (C=O) groups excluding carboxylic acids is 2. The Bertz CT molecular complexity index is 542. The van der Waals surface area contributed by atoms with Crippen LogP contribution in [0.2, 0.25) is 5.02 Å². The second-order valence-electron chi connectivity index (χ2n) is 4.77. The molecule has 114 valence electrons. The number of nitrogens with zero attached hydrogens (tertiary/aromatic N) is 2. The Morgan fingerprint density at radius 3 is 2.38 bits per heavy atom. The largest absolute Gasteiger partial charge is 0.495 e. The fourth-order valence-electron chi connectivity index (χ4n) is 2.20. The van der Waals surface area contributed by atoms with Gasteiger partial charge in [-0.05, 0) is 18.2 Å². The maximum absolute atomic E-state index is 12.2. The van der Waals surface area contributed by atoms with Crippen molar-refractivity contribution >= 4 is 29.2 Å². The number of rotatable bonds is 2. The predicted molar refractivity (Wildman–Crippen MR) is 80.8 cm³/mol. The van der Waals surface area contributed by atoms with Gasteiger partial charge >= 0.3 is 6.03 Å². The van der Waals surface area contributed by atoms with Crippen LogP contribution >= 0.6 is 11.6 Å². The van der Waals surface area contributed by atoms with Crippen LogP contribution in [0.1, 0.15) is 6.92 Å². The predicted octanol–water partition coefficient (Wildman–Crippen LogP) is 2.04. The molecule has 6 nitrogen and oxygen atoms in total. The molecule has 0 bridgehead atoms. The number of urea groups is 1. The van der Waals surface area contributed by atoms with Gasteiger partial charge in [-0.3, -0.25) is 4.79 Å². The van der Waals surface area contributed by atoms with E-state index in [1.165, 1.54) is 14.0 Å². The quantitative estimate of drug-likeness (QED) is 0.909. The van der Waals surface area contributed by atoms with Crippen molar-refractivity contribution in [3.05, 3.63) is 23.2 Å². The molecule has 1 aromatic rings. The van der Waals surface area contributed by atoms with Gasteiger partial charge in [0.15, 0.2) is 0 Å². The number of hydrogen-bond donors (Lipinski definition) is 1. The minimum atomic E-state index is -0.223. The molecule has 0 aromatic heterocycles. The lowest BCUT2D eigenvalue weighted by atomic mass is 10.3. The van der Waals surface area contributed by atoms with Crippen LogP contribution in [-0.4, -0.2) is 55.0 Å². The van der Waals surface area contributed by atoms with Gasteiger partial charge in [0.05, 0.1) is 12.8 Å². The van der Waals surface area contributed by atoms with Gasteiger partial charge in [0.2, 0.25) is 5.91 Å². The lowest BCUT2D eigenvalue weighted by molar-refractivity contribution is -0.130. The molecule has 1 saturated heterocycles. The van der Waals surface area contributed by atoms with Crippen LogP contribution in [-0.2, 0) is 4.79 Å². The second-order valence-corrected chi connectivity index (χ2v) is 5.20. The van der Waals surface area contributed by atoms with Crippen LogP contribution in [0.5, 0.6) is 5.75 Å². The molecule has 1 N–H and O–H groups in total. The summed E-state index contributed by atoms with van der Waals surface area (Å²) < 4.78 is 5.19. The summed E-state index contributed by atoms with van der Waals surface area (Å²) in [5, 5.41) is 3.31. The molecule has 7 heteroatoms. The minimum Gasteiger partial charge on any atom is -0.495 e. The molecule has 0 spiro atoms. The third-order valence-corrected chi connectivity index (χ3v) is 3.65. The summed E-state index contributed by atoms with van der Waals surface area (Å²) >= 11 is 5.93. The topological polar surface area (TPSA) is 61.9 Å². The molecular formula is C14H18ClN3O3. The number of methoxy groups -OCH3 is 1. The number of nitrogens with one attached hydrogen (secondary N) is 1. The van der Waals surface area contributed by atoms with E-state index in [4.69, 9.17) is 16.3 Å². The maximum atomic E-state index is 12.2. The Morgan fingerprint density at radius 2 is 1.81 bits per heavy atom. The zero-order valence-corrected chi connectivity index (χ0v) is 12.8. The summed E-state index contributed by atoms with van der Waals surface area (Å²) in [5.74, 6) is 0.585. The molecule has 1 heterocycles. The van der Waals surface area contributed by atoms with Gasteiger partial charge < -0.3 is 19.9 Å². The van der Waals surface area contributed by atoms with Gasteiger partial charge in [-0.15, -0.1) is 0 Å². The number of hydrogen-bond acceptors (Lipinski definition) is 3. The van der Waals surface area contributed by atoms with E-state index in [-0.39, 0.29) is 11.9 Å². The normalized spacial score (nSPS) is 14.8. The summed E-state index contributed by atoms with van der Waals surface area (Å²) in [6.07, 6.45) is 0. The monoisotopic (exact) mass is 311 g/mol. The highest BCUT2D eigenvalue weighted by atomic mass is 35.5. The molecule has 0 unspecified atom stereocenters. The highest BCUT2D eigenvalue weighted by Crippen LogP contribution is 2.27. The average molecular weight is 312 g/mol. The lowest BCUT2D eigenvalue weighted by Crippen LogP contribution is -2.51. The summed E-state index contributed by atoms with van der Waals surface area (Å²) in [5.41, 5.74) is 0.531. The van der Waals surface area contributed by atoms with E-state index in [1.54, 1.807) is 28.0 Å². The first-order chi connectivity index (χ1) is 10.0. The Hall–Kier alpha value is -1.95. The summed E-state index contributed by atoms with van der Waals surface area (Å²) in [7, 11) is 1.53. The summed E-state index contributed by atoms with van der Waals surface area (Å²) in [6.45, 7) is 3.65. The third-order valence-electron chi connectivity index (χ3n) is 3.42. The fraction of sp³-hybridized carbons (Fsp3) is 0.429. The molecule has 21 heavy (non-hydrogen) atoms. The van der Waals surface area contributed by atoms with Crippen molar-refractivity contribution in [2.45, 2.75) is 6.92 Å². The van der Waals surface area contributed by atoms with Crippen LogP contribution in [0.25, 0.3) is 0 Å². The van der Waals surface area contributed by atoms with Gasteiger partial charge in [-0.25, -0.2) is 4.79 Å². The van der Waals surface area contributed by atoms with Gasteiger partial charge in [-0.2, -0.15) is 0 Å². The Balaban J connectivity index is 1.99. The SMILES string of the molecule is COc1ccc(Cl)cc1NC(=O)N1CCN(C(C)=O)CC1. The van der Waals surface area contributed by atoms with Crippen molar-refractivity contribution in [2.75, 3.05) is 38.6 Å². The standard InChI is InChI=1S/C14H18ClN3O3/c1-10(19)17-5-7-18(8-6-17)14(20)16-12-9-11(15)3-4-13(12)21-2/h3-4,9H,5-8H2,1-2H3,(H,16,20). The van der Waals surface area contributed by atoms with Gasteiger partial charge in [-0.1, -0.05) is 11.6 Å². The number of ether oxygens (including phenoxy) is 1. The molecule has 2 rings (SSSR count). The Labute approximate surface area is 128 Å². The highest BCUT2D eigenvalue weighted by Gasteiger charge is 2.22. The first kappa shape index (κ1) is 15.4. The number of benzene rings is 1. The first-order valence-corrected chi connectivity index (χ1v) is 7.04. The summed E-state index contributed by atoms with van der Waals surface area (Å²) in [4.78, 5) is 26.9. The Morgan fingerprint density at radius 1 is 1.19 bits per heavy atom. The van der Waals surface area contributed by atoms with Crippen molar-refractivity contribution in [2.24, 2.45) is 0 Å². The van der Waals surface area contributed by atoms with E-state index in [0.717, 1.165) is 0 Å². The molecule has 1 aromatic carbocycles. The number of piperazine rings is 1. The van der Waals surface area contributed by atoms with Crippen molar-refractivity contribution in [3.8, 4) is 5.75 Å². The average Bonchev–Trinajstić information content (AvgIpc) is 2.47. The smallest absolute Gasteiger partial charge is 0.322 e. The van der Waals surface area contributed by atoms with E-state index in [2.05, 4.69) is 5.32 Å². The molecule has 1 aliphatic rings. The van der Waals surface area contributed by atoms with Gasteiger partial charge in [0.1, 0.15) is 5.75 Å². The van der Waals surface area contributed by atoms with Gasteiger partial charge in [0, 0.05) is 38.1 Å². The molecular weight excluding hydrogens is 294 g/mol. The van der Waals surface area contributed by atoms with Crippen LogP contribution in [0, 0.1) is 0 Å². The van der Waals surface area contributed by atoms with Gasteiger partial charge in [0.25, 0.3) is 0 Å². The lowest BCUT2D eigenvalue weighted by Gasteiger charge is -2.34. The fourth-order valence-corrected chi connectivity index (χ4v) is 2.37. The second kappa shape index (κ2) is 6.67. The van der Waals surface area contributed by atoms with Crippen molar-refractivity contribution in [1.82, 2.24) is 9.80 Å². The number of carbonyl (C=O) groups is 2. The van der Waals surface area contributed by atoms with E-state index in [9.17, 15) is 9.59 Å². The zero-order valence-electron chi connectivity index (χ0n) is 12.1. The van der Waals surface area contributed by atoms with E-state index in [1.807, 2.05) is 0 Å². The molecule has 1 fully saturated rings. The number of anilines is 1. The zero-order chi connectivity index (χ0) is 15.4. The first-order valence-electron chi connectivity index (χ1n) is 6.66. The van der Waals surface area contributed by atoms with Crippen LogP contribution in [0.15, 0.2) is 18.2 Å². The van der Waals surface area contributed by atoms with E-state index >= 15 is 0 Å². The summed E-state index contributed by atoms with van der Waals surface area (Å²) in [6, 6.07) is 4.82. The van der Waals surface area contributed by atoms with Crippen molar-refractivity contribution < 1.29 is 14.3 Å².